The molecule has 2 aliphatic rings. The number of carbonyl (C=O) groups is 1. The van der Waals surface area contributed by atoms with Crippen LogP contribution in [0.25, 0.3) is 0 Å². The van der Waals surface area contributed by atoms with E-state index in [1.807, 2.05) is 0 Å². The lowest BCUT2D eigenvalue weighted by atomic mass is 10.0. The fourth-order valence-corrected chi connectivity index (χ4v) is 5.49. The minimum absolute atomic E-state index is 0.0241. The SMILES string of the molecule is CCCCCCCCCCCCCCCCCCCCCC(=O)O[C@@H]1[C@@H](O)CO[C@@H]1C1(CO)OCCO1. The second-order valence-corrected chi connectivity index (χ2v) is 11.1. The van der Waals surface area contributed by atoms with E-state index in [1.54, 1.807) is 0 Å². The molecule has 7 heteroatoms. The highest BCUT2D eigenvalue weighted by Crippen LogP contribution is 2.34. The third kappa shape index (κ3) is 12.8. The average molecular weight is 529 g/mol. The van der Waals surface area contributed by atoms with Gasteiger partial charge in [0, 0.05) is 6.42 Å². The van der Waals surface area contributed by atoms with Crippen molar-refractivity contribution >= 4 is 5.97 Å². The first-order valence-electron chi connectivity index (χ1n) is 15.5. The van der Waals surface area contributed by atoms with Crippen LogP contribution in [0.1, 0.15) is 135 Å². The fraction of sp³-hybridized carbons (Fsp3) is 0.967. The second kappa shape index (κ2) is 20.2. The van der Waals surface area contributed by atoms with Gasteiger partial charge in [-0.2, -0.15) is 0 Å². The normalized spacial score (nSPS) is 23.1. The Morgan fingerprint density at radius 3 is 1.62 bits per heavy atom. The van der Waals surface area contributed by atoms with E-state index >= 15 is 0 Å². The molecule has 0 aliphatic carbocycles. The van der Waals surface area contributed by atoms with Gasteiger partial charge in [-0.3, -0.25) is 4.79 Å². The molecule has 0 aromatic carbocycles. The number of ether oxygens (including phenoxy) is 4. The van der Waals surface area contributed by atoms with Gasteiger partial charge >= 0.3 is 5.97 Å². The number of aliphatic hydroxyl groups excluding tert-OH is 2. The monoisotopic (exact) mass is 528 g/mol. The van der Waals surface area contributed by atoms with Crippen LogP contribution in [0, 0.1) is 0 Å². The summed E-state index contributed by atoms with van der Waals surface area (Å²) in [7, 11) is 0. The van der Waals surface area contributed by atoms with Crippen molar-refractivity contribution in [2.24, 2.45) is 0 Å². The predicted octanol–water partition coefficient (Wildman–Crippen LogP) is 6.22. The lowest BCUT2D eigenvalue weighted by Crippen LogP contribution is -2.54. The molecule has 0 unspecified atom stereocenters. The van der Waals surface area contributed by atoms with Crippen molar-refractivity contribution in [3.8, 4) is 0 Å². The molecule has 2 rings (SSSR count). The van der Waals surface area contributed by atoms with Crippen molar-refractivity contribution in [3.63, 3.8) is 0 Å². The van der Waals surface area contributed by atoms with Crippen LogP contribution >= 0.6 is 0 Å². The number of carbonyl (C=O) groups excluding carboxylic acids is 1. The fourth-order valence-electron chi connectivity index (χ4n) is 5.49. The molecular formula is C30H56O7. The Morgan fingerprint density at radius 2 is 1.19 bits per heavy atom. The van der Waals surface area contributed by atoms with Gasteiger partial charge in [-0.15, -0.1) is 0 Å². The van der Waals surface area contributed by atoms with Gasteiger partial charge in [0.1, 0.15) is 12.7 Å². The van der Waals surface area contributed by atoms with E-state index in [1.165, 1.54) is 103 Å². The van der Waals surface area contributed by atoms with Crippen molar-refractivity contribution < 1.29 is 34.0 Å². The van der Waals surface area contributed by atoms with Gasteiger partial charge in [0.25, 0.3) is 0 Å². The third-order valence-electron chi connectivity index (χ3n) is 7.81. The molecule has 0 aromatic rings. The minimum Gasteiger partial charge on any atom is -0.456 e. The first-order valence-corrected chi connectivity index (χ1v) is 15.5. The maximum absolute atomic E-state index is 12.3. The Balaban J connectivity index is 1.37. The lowest BCUT2D eigenvalue weighted by molar-refractivity contribution is -0.257. The summed E-state index contributed by atoms with van der Waals surface area (Å²) in [6.45, 7) is 2.54. The quantitative estimate of drug-likeness (QED) is 0.120. The summed E-state index contributed by atoms with van der Waals surface area (Å²) in [5.41, 5.74) is 0. The topological polar surface area (TPSA) is 94.5 Å². The molecule has 2 fully saturated rings. The maximum Gasteiger partial charge on any atom is 0.306 e. The number of esters is 1. The van der Waals surface area contributed by atoms with E-state index in [4.69, 9.17) is 18.9 Å². The largest absolute Gasteiger partial charge is 0.456 e. The summed E-state index contributed by atoms with van der Waals surface area (Å²) in [4.78, 5) is 12.3. The molecule has 0 aromatic heterocycles. The molecule has 3 atom stereocenters. The molecular weight excluding hydrogens is 472 g/mol. The molecule has 2 heterocycles. The van der Waals surface area contributed by atoms with Gasteiger partial charge in [0.15, 0.2) is 12.2 Å². The highest BCUT2D eigenvalue weighted by Gasteiger charge is 2.55. The predicted molar refractivity (Wildman–Crippen MR) is 145 cm³/mol. The maximum atomic E-state index is 12.3. The Morgan fingerprint density at radius 1 is 0.757 bits per heavy atom. The summed E-state index contributed by atoms with van der Waals surface area (Å²) >= 11 is 0. The zero-order valence-electron chi connectivity index (χ0n) is 23.6. The van der Waals surface area contributed by atoms with Crippen LogP contribution in [0.15, 0.2) is 0 Å². The lowest BCUT2D eigenvalue weighted by Gasteiger charge is -2.33. The van der Waals surface area contributed by atoms with Crippen LogP contribution in [-0.2, 0) is 23.7 Å². The van der Waals surface area contributed by atoms with Gasteiger partial charge in [0.2, 0.25) is 5.79 Å². The third-order valence-corrected chi connectivity index (χ3v) is 7.81. The Labute approximate surface area is 226 Å². The van der Waals surface area contributed by atoms with E-state index in [9.17, 15) is 15.0 Å². The molecule has 7 nitrogen and oxygen atoms in total. The summed E-state index contributed by atoms with van der Waals surface area (Å²) in [6, 6.07) is 0. The molecule has 0 radical (unpaired) electrons. The second-order valence-electron chi connectivity index (χ2n) is 11.1. The van der Waals surface area contributed by atoms with E-state index in [-0.39, 0.29) is 12.6 Å². The zero-order valence-corrected chi connectivity index (χ0v) is 23.6. The molecule has 0 spiro atoms. The number of hydrogen-bond acceptors (Lipinski definition) is 7. The minimum atomic E-state index is -1.37. The Kier molecular flexibility index (Phi) is 17.7. The zero-order chi connectivity index (χ0) is 26.6. The summed E-state index contributed by atoms with van der Waals surface area (Å²) in [5, 5.41) is 20.0. The summed E-state index contributed by atoms with van der Waals surface area (Å²) in [6.07, 6.45) is 22.6. The molecule has 0 saturated carbocycles. The standard InChI is InChI=1S/C30H56O7/c1-2-3-4-5-6-7-8-9-10-11-12-13-14-15-16-17-18-19-20-21-27(33)37-28-26(32)24-34-29(28)30(25-31)35-22-23-36-30/h26,28-29,31-32H,2-25H2,1H3/t26-,28+,29-/m0/s1. The first kappa shape index (κ1) is 32.5. The van der Waals surface area contributed by atoms with Gasteiger partial charge < -0.3 is 29.2 Å². The smallest absolute Gasteiger partial charge is 0.306 e. The Bertz CT molecular complexity index is 564. The van der Waals surface area contributed by atoms with Gasteiger partial charge in [0.05, 0.1) is 19.8 Å². The Hall–Kier alpha value is -0.730. The van der Waals surface area contributed by atoms with Gasteiger partial charge in [-0.05, 0) is 6.42 Å². The molecule has 2 saturated heterocycles. The molecule has 0 amide bonds. The van der Waals surface area contributed by atoms with Gasteiger partial charge in [-0.25, -0.2) is 0 Å². The van der Waals surface area contributed by atoms with E-state index in [0.717, 1.165) is 19.3 Å². The van der Waals surface area contributed by atoms with E-state index in [2.05, 4.69) is 6.92 Å². The van der Waals surface area contributed by atoms with Gasteiger partial charge in [-0.1, -0.05) is 122 Å². The number of aliphatic hydroxyl groups is 2. The molecule has 218 valence electrons. The van der Waals surface area contributed by atoms with Crippen LogP contribution in [0.3, 0.4) is 0 Å². The van der Waals surface area contributed by atoms with Crippen LogP contribution in [-0.4, -0.2) is 66.7 Å². The molecule has 0 bridgehead atoms. The summed E-state index contributed by atoms with van der Waals surface area (Å²) < 4.78 is 22.2. The highest BCUT2D eigenvalue weighted by molar-refractivity contribution is 5.69. The van der Waals surface area contributed by atoms with Crippen molar-refractivity contribution in [2.45, 2.75) is 159 Å². The van der Waals surface area contributed by atoms with Crippen LogP contribution in [0.4, 0.5) is 0 Å². The van der Waals surface area contributed by atoms with Crippen molar-refractivity contribution in [1.82, 2.24) is 0 Å². The number of rotatable bonds is 23. The first-order chi connectivity index (χ1) is 18.1. The summed E-state index contributed by atoms with van der Waals surface area (Å²) in [5.74, 6) is -1.71. The van der Waals surface area contributed by atoms with Crippen molar-refractivity contribution in [1.29, 1.82) is 0 Å². The number of hydrogen-bond donors (Lipinski definition) is 2. The molecule has 2 N–H and O–H groups in total. The highest BCUT2D eigenvalue weighted by atomic mass is 16.8. The van der Waals surface area contributed by atoms with Crippen LogP contribution < -0.4 is 0 Å². The van der Waals surface area contributed by atoms with E-state index < -0.39 is 30.7 Å². The number of unbranched alkanes of at least 4 members (excludes halogenated alkanes) is 18. The average Bonchev–Trinajstić information content (AvgIpc) is 3.53. The van der Waals surface area contributed by atoms with Crippen molar-refractivity contribution in [3.05, 3.63) is 0 Å². The molecule has 2 aliphatic heterocycles. The van der Waals surface area contributed by atoms with Crippen molar-refractivity contribution in [2.75, 3.05) is 26.4 Å². The van der Waals surface area contributed by atoms with Crippen LogP contribution in [0.2, 0.25) is 0 Å². The van der Waals surface area contributed by atoms with E-state index in [0.29, 0.717) is 19.6 Å². The van der Waals surface area contributed by atoms with Crippen LogP contribution in [0.5, 0.6) is 0 Å². The molecule has 37 heavy (non-hydrogen) atoms.